The van der Waals surface area contributed by atoms with Gasteiger partial charge in [-0.3, -0.25) is 4.79 Å². The van der Waals surface area contributed by atoms with Crippen molar-refractivity contribution in [1.82, 2.24) is 10.1 Å². The molecule has 0 saturated carbocycles. The molecule has 0 spiro atoms. The maximum Gasteiger partial charge on any atom is 0.226 e. The van der Waals surface area contributed by atoms with Crippen molar-refractivity contribution in [1.29, 1.82) is 0 Å². The topological polar surface area (TPSA) is 64.8 Å². The maximum absolute atomic E-state index is 12.5. The molecular formula is C24H28N2O4. The first-order valence-corrected chi connectivity index (χ1v) is 10.00. The molecule has 3 aromatic rings. The molecule has 0 unspecified atom stereocenters. The van der Waals surface area contributed by atoms with Gasteiger partial charge in [0.05, 0.1) is 24.2 Å². The highest BCUT2D eigenvalue weighted by atomic mass is 16.5. The summed E-state index contributed by atoms with van der Waals surface area (Å²) in [5.41, 5.74) is 3.83. The van der Waals surface area contributed by atoms with Gasteiger partial charge in [-0.15, -0.1) is 0 Å². The second-order valence-electron chi connectivity index (χ2n) is 7.34. The van der Waals surface area contributed by atoms with Crippen molar-refractivity contribution in [2.75, 3.05) is 20.2 Å². The Kier molecular flexibility index (Phi) is 7.12. The van der Waals surface area contributed by atoms with Crippen LogP contribution >= 0.6 is 0 Å². The van der Waals surface area contributed by atoms with Crippen molar-refractivity contribution in [2.24, 2.45) is 0 Å². The largest absolute Gasteiger partial charge is 0.491 e. The molecule has 1 aromatic heterocycles. The number of carbonyl (C=O) groups is 1. The predicted molar refractivity (Wildman–Crippen MR) is 115 cm³/mol. The monoisotopic (exact) mass is 408 g/mol. The molecule has 30 heavy (non-hydrogen) atoms. The van der Waals surface area contributed by atoms with Crippen LogP contribution in [-0.4, -0.2) is 36.2 Å². The highest BCUT2D eigenvalue weighted by molar-refractivity contribution is 5.78. The molecule has 0 saturated heterocycles. The second-order valence-corrected chi connectivity index (χ2v) is 7.34. The van der Waals surface area contributed by atoms with Crippen LogP contribution < -0.4 is 9.47 Å². The number of benzene rings is 2. The van der Waals surface area contributed by atoms with E-state index >= 15 is 0 Å². The van der Waals surface area contributed by atoms with Crippen molar-refractivity contribution < 1.29 is 18.8 Å². The molecule has 0 fully saturated rings. The molecule has 0 aliphatic rings. The average molecular weight is 408 g/mol. The Hall–Kier alpha value is -3.28. The van der Waals surface area contributed by atoms with Crippen LogP contribution in [0.25, 0.3) is 0 Å². The quantitative estimate of drug-likeness (QED) is 0.529. The Morgan fingerprint density at radius 2 is 1.77 bits per heavy atom. The van der Waals surface area contributed by atoms with Crippen LogP contribution in [0.2, 0.25) is 0 Å². The number of para-hydroxylation sites is 1. The number of aromatic nitrogens is 1. The van der Waals surface area contributed by atoms with Gasteiger partial charge in [0.25, 0.3) is 0 Å². The van der Waals surface area contributed by atoms with Gasteiger partial charge in [-0.25, -0.2) is 0 Å². The molecule has 0 aliphatic carbocycles. The molecule has 0 N–H and O–H groups in total. The Morgan fingerprint density at radius 1 is 1.03 bits per heavy atom. The molecule has 0 atom stereocenters. The van der Waals surface area contributed by atoms with E-state index in [1.165, 1.54) is 0 Å². The lowest BCUT2D eigenvalue weighted by molar-refractivity contribution is -0.129. The summed E-state index contributed by atoms with van der Waals surface area (Å²) in [5.74, 6) is 2.41. The van der Waals surface area contributed by atoms with E-state index < -0.39 is 0 Å². The van der Waals surface area contributed by atoms with E-state index in [4.69, 9.17) is 14.0 Å². The van der Waals surface area contributed by atoms with Crippen molar-refractivity contribution in [3.05, 3.63) is 76.7 Å². The van der Waals surface area contributed by atoms with Gasteiger partial charge in [0, 0.05) is 7.05 Å². The first kappa shape index (κ1) is 21.4. The number of carbonyl (C=O) groups excluding carboxylic acids is 1. The SMILES string of the molecule is Cc1ccccc1OCCN(C)C(=O)Cc1ccc(OCc2c(C)noc2C)cc1. The van der Waals surface area contributed by atoms with Crippen molar-refractivity contribution in [2.45, 2.75) is 33.8 Å². The Labute approximate surface area is 177 Å². The zero-order valence-corrected chi connectivity index (χ0v) is 18.0. The normalized spacial score (nSPS) is 10.7. The Morgan fingerprint density at radius 3 is 2.43 bits per heavy atom. The molecule has 1 amide bonds. The highest BCUT2D eigenvalue weighted by Gasteiger charge is 2.12. The smallest absolute Gasteiger partial charge is 0.226 e. The summed E-state index contributed by atoms with van der Waals surface area (Å²) in [6.45, 7) is 7.17. The third-order valence-electron chi connectivity index (χ3n) is 5.05. The van der Waals surface area contributed by atoms with E-state index in [2.05, 4.69) is 5.16 Å². The number of hydrogen-bond acceptors (Lipinski definition) is 5. The zero-order valence-electron chi connectivity index (χ0n) is 18.0. The molecular weight excluding hydrogens is 380 g/mol. The standard InChI is InChI=1S/C24H28N2O4/c1-17-7-5-6-8-23(17)28-14-13-26(4)24(27)15-20-9-11-21(12-10-20)29-16-22-18(2)25-30-19(22)3/h5-12H,13-16H2,1-4H3. The molecule has 2 aromatic carbocycles. The van der Waals surface area contributed by atoms with Gasteiger partial charge in [0.15, 0.2) is 0 Å². The fourth-order valence-corrected chi connectivity index (χ4v) is 3.01. The predicted octanol–water partition coefficient (Wildman–Crippen LogP) is 4.26. The van der Waals surface area contributed by atoms with Gasteiger partial charge in [0.1, 0.15) is 30.5 Å². The summed E-state index contributed by atoms with van der Waals surface area (Å²) < 4.78 is 16.7. The minimum Gasteiger partial charge on any atom is -0.491 e. The lowest BCUT2D eigenvalue weighted by Gasteiger charge is -2.18. The third kappa shape index (κ3) is 5.63. The lowest BCUT2D eigenvalue weighted by atomic mass is 10.1. The molecule has 6 nitrogen and oxygen atoms in total. The van der Waals surface area contributed by atoms with Crippen molar-refractivity contribution in [3.63, 3.8) is 0 Å². The number of amides is 1. The average Bonchev–Trinajstić information content (AvgIpc) is 3.06. The molecule has 6 heteroatoms. The highest BCUT2D eigenvalue weighted by Crippen LogP contribution is 2.19. The summed E-state index contributed by atoms with van der Waals surface area (Å²) in [6, 6.07) is 15.4. The van der Waals surface area contributed by atoms with Crippen LogP contribution in [0.4, 0.5) is 0 Å². The molecule has 0 aliphatic heterocycles. The van der Waals surface area contributed by atoms with E-state index in [1.807, 2.05) is 69.3 Å². The summed E-state index contributed by atoms with van der Waals surface area (Å²) in [6.07, 6.45) is 0.338. The number of hydrogen-bond donors (Lipinski definition) is 0. The summed E-state index contributed by atoms with van der Waals surface area (Å²) in [5, 5.41) is 3.93. The molecule has 3 rings (SSSR count). The minimum absolute atomic E-state index is 0.0489. The molecule has 1 heterocycles. The van der Waals surface area contributed by atoms with Gasteiger partial charge >= 0.3 is 0 Å². The van der Waals surface area contributed by atoms with E-state index in [0.29, 0.717) is 26.2 Å². The van der Waals surface area contributed by atoms with E-state index in [-0.39, 0.29) is 5.91 Å². The fourth-order valence-electron chi connectivity index (χ4n) is 3.01. The van der Waals surface area contributed by atoms with E-state index in [9.17, 15) is 4.79 Å². The fraction of sp³-hybridized carbons (Fsp3) is 0.333. The first-order valence-electron chi connectivity index (χ1n) is 10.00. The number of rotatable bonds is 9. The van der Waals surface area contributed by atoms with Crippen LogP contribution in [-0.2, 0) is 17.8 Å². The number of likely N-dealkylation sites (N-methyl/N-ethyl adjacent to an activating group) is 1. The van der Waals surface area contributed by atoms with E-state index in [1.54, 1.807) is 11.9 Å². The van der Waals surface area contributed by atoms with Gasteiger partial charge in [-0.2, -0.15) is 0 Å². The molecule has 158 valence electrons. The van der Waals surface area contributed by atoms with Crippen LogP contribution in [0.1, 0.15) is 28.1 Å². The van der Waals surface area contributed by atoms with Gasteiger partial charge in [0.2, 0.25) is 5.91 Å². The van der Waals surface area contributed by atoms with Crippen LogP contribution in [0.15, 0.2) is 53.1 Å². The maximum atomic E-state index is 12.5. The first-order chi connectivity index (χ1) is 14.4. The lowest BCUT2D eigenvalue weighted by Crippen LogP contribution is -2.32. The van der Waals surface area contributed by atoms with Gasteiger partial charge < -0.3 is 18.9 Å². The summed E-state index contributed by atoms with van der Waals surface area (Å²) >= 11 is 0. The van der Waals surface area contributed by atoms with Gasteiger partial charge in [-0.05, 0) is 50.1 Å². The minimum atomic E-state index is 0.0489. The second kappa shape index (κ2) is 9.96. The number of ether oxygens (including phenoxy) is 2. The Balaban J connectivity index is 1.45. The third-order valence-corrected chi connectivity index (χ3v) is 5.05. The van der Waals surface area contributed by atoms with Crippen LogP contribution in [0.5, 0.6) is 11.5 Å². The van der Waals surface area contributed by atoms with Crippen molar-refractivity contribution in [3.8, 4) is 11.5 Å². The summed E-state index contributed by atoms with van der Waals surface area (Å²) in [4.78, 5) is 14.2. The number of aryl methyl sites for hydroxylation is 3. The molecule has 0 radical (unpaired) electrons. The van der Waals surface area contributed by atoms with E-state index in [0.717, 1.165) is 39.6 Å². The van der Waals surface area contributed by atoms with Crippen LogP contribution in [0, 0.1) is 20.8 Å². The Bertz CT molecular complexity index is 960. The van der Waals surface area contributed by atoms with Crippen molar-refractivity contribution >= 4 is 5.91 Å². The van der Waals surface area contributed by atoms with Crippen LogP contribution in [0.3, 0.4) is 0 Å². The van der Waals surface area contributed by atoms with Gasteiger partial charge in [-0.1, -0.05) is 35.5 Å². The summed E-state index contributed by atoms with van der Waals surface area (Å²) in [7, 11) is 1.80. The number of nitrogens with zero attached hydrogens (tertiary/aromatic N) is 2. The molecule has 0 bridgehead atoms. The zero-order chi connectivity index (χ0) is 21.5.